The third kappa shape index (κ3) is 4.43. The Labute approximate surface area is 126 Å². The predicted molar refractivity (Wildman–Crippen MR) is 81.6 cm³/mol. The molecule has 4 nitrogen and oxygen atoms in total. The van der Waals surface area contributed by atoms with Crippen molar-refractivity contribution in [2.24, 2.45) is 0 Å². The Hall–Kier alpha value is -1.10. The summed E-state index contributed by atoms with van der Waals surface area (Å²) in [6.07, 6.45) is 5.54. The molecule has 21 heavy (non-hydrogen) atoms. The third-order valence-corrected chi connectivity index (χ3v) is 4.14. The molecule has 4 heteroatoms. The molecule has 0 bridgehead atoms. The number of nitrogens with one attached hydrogen (secondary N) is 1. The van der Waals surface area contributed by atoms with Crippen LogP contribution in [0.25, 0.3) is 0 Å². The van der Waals surface area contributed by atoms with E-state index in [1.165, 1.54) is 31.2 Å². The van der Waals surface area contributed by atoms with Crippen LogP contribution < -0.4 is 10.1 Å². The Kier molecular flexibility index (Phi) is 5.49. The van der Waals surface area contributed by atoms with Gasteiger partial charge in [-0.1, -0.05) is 18.2 Å². The molecule has 1 aromatic rings. The molecule has 1 aliphatic heterocycles. The maximum atomic E-state index is 6.15. The molecule has 3 rings (SSSR count). The zero-order chi connectivity index (χ0) is 14.3. The van der Waals surface area contributed by atoms with E-state index in [4.69, 9.17) is 14.2 Å². The zero-order valence-corrected chi connectivity index (χ0v) is 12.6. The van der Waals surface area contributed by atoms with Gasteiger partial charge in [0.15, 0.2) is 0 Å². The van der Waals surface area contributed by atoms with Crippen molar-refractivity contribution in [3.8, 4) is 5.75 Å². The molecule has 1 aromatic carbocycles. The highest BCUT2D eigenvalue weighted by atomic mass is 16.6. The monoisotopic (exact) mass is 291 g/mol. The quantitative estimate of drug-likeness (QED) is 0.874. The van der Waals surface area contributed by atoms with E-state index in [0.29, 0.717) is 25.9 Å². The maximum absolute atomic E-state index is 6.15. The Morgan fingerprint density at radius 1 is 1.14 bits per heavy atom. The fraction of sp³-hybridized carbons (Fsp3) is 0.647. The normalized spacial score (nSPS) is 23.3. The molecule has 1 N–H and O–H groups in total. The van der Waals surface area contributed by atoms with Crippen molar-refractivity contribution < 1.29 is 14.2 Å². The number of rotatable bonds is 6. The molecule has 0 amide bonds. The summed E-state index contributed by atoms with van der Waals surface area (Å²) in [4.78, 5) is 0. The Bertz CT molecular complexity index is 426. The number of hydrogen-bond acceptors (Lipinski definition) is 4. The zero-order valence-electron chi connectivity index (χ0n) is 12.6. The second-order valence-corrected chi connectivity index (χ2v) is 5.83. The molecule has 1 saturated carbocycles. The van der Waals surface area contributed by atoms with Crippen molar-refractivity contribution in [3.63, 3.8) is 0 Å². The summed E-state index contributed by atoms with van der Waals surface area (Å²) in [5.74, 6) is 1.03. The van der Waals surface area contributed by atoms with E-state index in [9.17, 15) is 0 Å². The summed E-state index contributed by atoms with van der Waals surface area (Å²) in [6.45, 7) is 3.73. The first-order valence-corrected chi connectivity index (χ1v) is 8.06. The van der Waals surface area contributed by atoms with E-state index in [1.54, 1.807) is 0 Å². The minimum absolute atomic E-state index is 0.168. The van der Waals surface area contributed by atoms with Gasteiger partial charge in [0.05, 0.1) is 32.0 Å². The minimum Gasteiger partial charge on any atom is -0.490 e. The molecule has 1 atom stereocenters. The number of hydrogen-bond donors (Lipinski definition) is 1. The van der Waals surface area contributed by atoms with Gasteiger partial charge in [-0.05, 0) is 31.7 Å². The molecule has 1 aliphatic carbocycles. The number of para-hydroxylation sites is 1. The van der Waals surface area contributed by atoms with Crippen LogP contribution in [-0.2, 0) is 16.0 Å². The highest BCUT2D eigenvalue weighted by molar-refractivity contribution is 5.33. The van der Waals surface area contributed by atoms with Gasteiger partial charge < -0.3 is 19.5 Å². The first-order valence-electron chi connectivity index (χ1n) is 8.06. The van der Waals surface area contributed by atoms with Crippen LogP contribution in [0.15, 0.2) is 24.3 Å². The molecule has 0 aromatic heterocycles. The van der Waals surface area contributed by atoms with Crippen molar-refractivity contribution in [2.75, 3.05) is 26.4 Å². The van der Waals surface area contributed by atoms with Gasteiger partial charge in [0.1, 0.15) is 5.75 Å². The largest absolute Gasteiger partial charge is 0.490 e. The van der Waals surface area contributed by atoms with Gasteiger partial charge in [-0.25, -0.2) is 0 Å². The van der Waals surface area contributed by atoms with E-state index >= 15 is 0 Å². The van der Waals surface area contributed by atoms with Crippen LogP contribution in [0.1, 0.15) is 31.2 Å². The van der Waals surface area contributed by atoms with E-state index in [2.05, 4.69) is 23.5 Å². The van der Waals surface area contributed by atoms with Gasteiger partial charge in [-0.3, -0.25) is 0 Å². The van der Waals surface area contributed by atoms with Gasteiger partial charge in [-0.15, -0.1) is 0 Å². The Morgan fingerprint density at radius 3 is 2.81 bits per heavy atom. The molecule has 116 valence electrons. The van der Waals surface area contributed by atoms with Crippen molar-refractivity contribution in [3.05, 3.63) is 29.8 Å². The number of benzene rings is 1. The molecule has 0 radical (unpaired) electrons. The standard InChI is InChI=1S/C17H25NO3/c1-4-8-17(21-15-6-2-3-7-15)14(5-1)11-18-12-16-13-19-9-10-20-16/h1,4-5,8,15-16,18H,2-3,6-7,9-13H2. The molecule has 2 aliphatic rings. The summed E-state index contributed by atoms with van der Waals surface area (Å²) >= 11 is 0. The second-order valence-electron chi connectivity index (χ2n) is 5.83. The van der Waals surface area contributed by atoms with Crippen molar-refractivity contribution in [1.29, 1.82) is 0 Å². The smallest absolute Gasteiger partial charge is 0.124 e. The van der Waals surface area contributed by atoms with Crippen LogP contribution in [0.5, 0.6) is 5.75 Å². The average Bonchev–Trinajstić information content (AvgIpc) is 3.03. The highest BCUT2D eigenvalue weighted by Crippen LogP contribution is 2.26. The number of ether oxygens (including phenoxy) is 3. The van der Waals surface area contributed by atoms with Gasteiger partial charge >= 0.3 is 0 Å². The van der Waals surface area contributed by atoms with E-state index in [0.717, 1.165) is 18.8 Å². The molecular formula is C17H25NO3. The summed E-state index contributed by atoms with van der Waals surface area (Å²) < 4.78 is 17.2. The molecule has 2 fully saturated rings. The lowest BCUT2D eigenvalue weighted by Gasteiger charge is -2.23. The minimum atomic E-state index is 0.168. The van der Waals surface area contributed by atoms with Crippen LogP contribution in [0.2, 0.25) is 0 Å². The Balaban J connectivity index is 1.49. The van der Waals surface area contributed by atoms with Gasteiger partial charge in [0, 0.05) is 18.7 Å². The van der Waals surface area contributed by atoms with E-state index < -0.39 is 0 Å². The summed E-state index contributed by atoms with van der Waals surface area (Å²) in [7, 11) is 0. The van der Waals surface area contributed by atoms with Crippen molar-refractivity contribution >= 4 is 0 Å². The fourth-order valence-electron chi connectivity index (χ4n) is 2.97. The van der Waals surface area contributed by atoms with Crippen LogP contribution in [-0.4, -0.2) is 38.6 Å². The third-order valence-electron chi connectivity index (χ3n) is 4.14. The Morgan fingerprint density at radius 2 is 2.00 bits per heavy atom. The molecule has 0 spiro atoms. The van der Waals surface area contributed by atoms with Gasteiger partial charge in [0.25, 0.3) is 0 Å². The molecule has 1 saturated heterocycles. The topological polar surface area (TPSA) is 39.7 Å². The summed E-state index contributed by atoms with van der Waals surface area (Å²) in [5, 5.41) is 3.45. The lowest BCUT2D eigenvalue weighted by molar-refractivity contribution is -0.0864. The predicted octanol–water partition coefficient (Wildman–Crippen LogP) is 2.51. The maximum Gasteiger partial charge on any atom is 0.124 e. The SMILES string of the molecule is c1ccc(OC2CCCC2)c(CNCC2COCCO2)c1. The average molecular weight is 291 g/mol. The van der Waals surface area contributed by atoms with Crippen molar-refractivity contribution in [1.82, 2.24) is 5.32 Å². The highest BCUT2D eigenvalue weighted by Gasteiger charge is 2.18. The van der Waals surface area contributed by atoms with Gasteiger partial charge in [0.2, 0.25) is 0 Å². The summed E-state index contributed by atoms with van der Waals surface area (Å²) in [5.41, 5.74) is 1.22. The van der Waals surface area contributed by atoms with Crippen LogP contribution >= 0.6 is 0 Å². The lowest BCUT2D eigenvalue weighted by Crippen LogP contribution is -2.37. The van der Waals surface area contributed by atoms with Crippen LogP contribution in [0, 0.1) is 0 Å². The summed E-state index contributed by atoms with van der Waals surface area (Å²) in [6, 6.07) is 8.33. The van der Waals surface area contributed by atoms with Gasteiger partial charge in [-0.2, -0.15) is 0 Å². The fourth-order valence-corrected chi connectivity index (χ4v) is 2.97. The molecular weight excluding hydrogens is 266 g/mol. The van der Waals surface area contributed by atoms with E-state index in [-0.39, 0.29) is 6.10 Å². The van der Waals surface area contributed by atoms with Crippen LogP contribution in [0.4, 0.5) is 0 Å². The molecule has 1 unspecified atom stereocenters. The second kappa shape index (κ2) is 7.78. The lowest BCUT2D eigenvalue weighted by atomic mass is 10.2. The first kappa shape index (κ1) is 14.8. The first-order chi connectivity index (χ1) is 10.4. The van der Waals surface area contributed by atoms with E-state index in [1.807, 2.05) is 6.07 Å². The van der Waals surface area contributed by atoms with Crippen molar-refractivity contribution in [2.45, 2.75) is 44.4 Å². The van der Waals surface area contributed by atoms with Crippen LogP contribution in [0.3, 0.4) is 0 Å². The molecule has 1 heterocycles.